The Morgan fingerprint density at radius 1 is 1.12 bits per heavy atom. The highest BCUT2D eigenvalue weighted by Gasteiger charge is 2.05. The number of benzene rings is 1. The minimum Gasteiger partial charge on any atom is -0.493 e. The van der Waals surface area contributed by atoms with E-state index in [1.165, 1.54) is 0 Å². The van der Waals surface area contributed by atoms with Gasteiger partial charge < -0.3 is 4.74 Å². The Labute approximate surface area is 97.6 Å². The van der Waals surface area contributed by atoms with Crippen molar-refractivity contribution in [2.75, 3.05) is 6.61 Å². The molecule has 0 saturated heterocycles. The maximum absolute atomic E-state index is 13.3. The lowest BCUT2D eigenvalue weighted by Crippen LogP contribution is -2.07. The summed E-state index contributed by atoms with van der Waals surface area (Å²) in [4.78, 5) is 0. The number of hydrogen-bond donors (Lipinski definition) is 0. The van der Waals surface area contributed by atoms with Crippen LogP contribution in [0.1, 0.15) is 39.0 Å². The predicted octanol–water partition coefficient (Wildman–Crippen LogP) is 4.37. The van der Waals surface area contributed by atoms with E-state index in [9.17, 15) is 4.39 Å². The summed E-state index contributed by atoms with van der Waals surface area (Å²) in [5, 5.41) is 0. The Bertz CT molecular complexity index is 261. The van der Waals surface area contributed by atoms with E-state index in [0.29, 0.717) is 19.4 Å². The molecule has 90 valence electrons. The Balaban J connectivity index is 2.06. The molecule has 1 atom stereocenters. The molecule has 1 unspecified atom stereocenters. The molecule has 0 N–H and O–H groups in total. The summed E-state index contributed by atoms with van der Waals surface area (Å²) < 4.78 is 18.8. The van der Waals surface area contributed by atoms with Crippen molar-refractivity contribution in [1.82, 2.24) is 0 Å². The van der Waals surface area contributed by atoms with Crippen LogP contribution >= 0.6 is 0 Å². The largest absolute Gasteiger partial charge is 0.493 e. The van der Waals surface area contributed by atoms with Gasteiger partial charge in [-0.1, -0.05) is 44.4 Å². The molecule has 1 aromatic carbocycles. The van der Waals surface area contributed by atoms with Gasteiger partial charge in [0.15, 0.2) is 0 Å². The summed E-state index contributed by atoms with van der Waals surface area (Å²) in [5.74, 6) is 0.822. The summed E-state index contributed by atoms with van der Waals surface area (Å²) in [6.45, 7) is 2.60. The monoisotopic (exact) mass is 224 g/mol. The number of hydrogen-bond acceptors (Lipinski definition) is 1. The fraction of sp³-hybridized carbons (Fsp3) is 0.571. The van der Waals surface area contributed by atoms with Gasteiger partial charge in [0.25, 0.3) is 0 Å². The quantitative estimate of drug-likeness (QED) is 0.596. The van der Waals surface area contributed by atoms with Gasteiger partial charge in [-0.15, -0.1) is 0 Å². The molecule has 0 radical (unpaired) electrons. The van der Waals surface area contributed by atoms with Crippen LogP contribution in [-0.4, -0.2) is 12.8 Å². The summed E-state index contributed by atoms with van der Waals surface area (Å²) >= 11 is 0. The number of para-hydroxylation sites is 1. The topological polar surface area (TPSA) is 9.23 Å². The average Bonchev–Trinajstić information content (AvgIpc) is 2.31. The number of alkyl halides is 1. The summed E-state index contributed by atoms with van der Waals surface area (Å²) in [5.41, 5.74) is 0. The first-order valence-corrected chi connectivity index (χ1v) is 6.15. The van der Waals surface area contributed by atoms with Crippen LogP contribution in [0.4, 0.5) is 4.39 Å². The second-order valence-corrected chi connectivity index (χ2v) is 4.04. The van der Waals surface area contributed by atoms with Crippen LogP contribution in [0.3, 0.4) is 0 Å². The maximum atomic E-state index is 13.3. The van der Waals surface area contributed by atoms with E-state index in [1.54, 1.807) is 0 Å². The Hall–Kier alpha value is -1.05. The van der Waals surface area contributed by atoms with Crippen molar-refractivity contribution in [1.29, 1.82) is 0 Å². The number of unbranched alkanes of at least 4 members (excludes halogenated alkanes) is 2. The Morgan fingerprint density at radius 2 is 1.88 bits per heavy atom. The van der Waals surface area contributed by atoms with Gasteiger partial charge in [-0.2, -0.15) is 0 Å². The molecule has 1 aromatic rings. The second-order valence-electron chi connectivity index (χ2n) is 4.04. The number of ether oxygens (including phenoxy) is 1. The third-order valence-corrected chi connectivity index (χ3v) is 2.56. The van der Waals surface area contributed by atoms with Crippen LogP contribution in [0.5, 0.6) is 5.75 Å². The second kappa shape index (κ2) is 8.14. The van der Waals surface area contributed by atoms with Gasteiger partial charge in [-0.05, 0) is 18.6 Å². The van der Waals surface area contributed by atoms with Crippen molar-refractivity contribution < 1.29 is 9.13 Å². The summed E-state index contributed by atoms with van der Waals surface area (Å²) in [6.07, 6.45) is 3.72. The van der Waals surface area contributed by atoms with Crippen LogP contribution < -0.4 is 4.74 Å². The molecule has 0 spiro atoms. The van der Waals surface area contributed by atoms with E-state index in [-0.39, 0.29) is 0 Å². The van der Waals surface area contributed by atoms with Gasteiger partial charge in [0, 0.05) is 6.42 Å². The van der Waals surface area contributed by atoms with Crippen molar-refractivity contribution in [3.8, 4) is 5.75 Å². The summed E-state index contributed by atoms with van der Waals surface area (Å²) in [7, 11) is 0. The molecule has 0 aliphatic heterocycles. The molecule has 0 aliphatic rings. The molecule has 0 aromatic heterocycles. The van der Waals surface area contributed by atoms with E-state index >= 15 is 0 Å². The SMILES string of the molecule is CCCCCC(F)CCOc1ccccc1. The van der Waals surface area contributed by atoms with Crippen molar-refractivity contribution in [3.63, 3.8) is 0 Å². The molecule has 1 nitrogen and oxygen atoms in total. The molecule has 1 rings (SSSR count). The van der Waals surface area contributed by atoms with E-state index in [0.717, 1.165) is 25.0 Å². The smallest absolute Gasteiger partial charge is 0.119 e. The zero-order valence-corrected chi connectivity index (χ0v) is 9.99. The third-order valence-electron chi connectivity index (χ3n) is 2.56. The van der Waals surface area contributed by atoms with E-state index in [4.69, 9.17) is 4.74 Å². The molecule has 0 aliphatic carbocycles. The Kier molecular flexibility index (Phi) is 6.62. The van der Waals surface area contributed by atoms with Crippen LogP contribution in [0.25, 0.3) is 0 Å². The fourth-order valence-electron chi connectivity index (χ4n) is 1.58. The van der Waals surface area contributed by atoms with E-state index in [2.05, 4.69) is 6.92 Å². The summed E-state index contributed by atoms with van der Waals surface area (Å²) in [6, 6.07) is 9.57. The highest BCUT2D eigenvalue weighted by atomic mass is 19.1. The molecular formula is C14H21FO. The highest BCUT2D eigenvalue weighted by molar-refractivity contribution is 5.20. The van der Waals surface area contributed by atoms with Crippen LogP contribution in [-0.2, 0) is 0 Å². The molecular weight excluding hydrogens is 203 g/mol. The first-order valence-electron chi connectivity index (χ1n) is 6.15. The maximum Gasteiger partial charge on any atom is 0.119 e. The zero-order valence-electron chi connectivity index (χ0n) is 9.99. The molecule has 0 heterocycles. The minimum atomic E-state index is -0.713. The van der Waals surface area contributed by atoms with Gasteiger partial charge in [-0.25, -0.2) is 4.39 Å². The lowest BCUT2D eigenvalue weighted by atomic mass is 10.1. The van der Waals surface area contributed by atoms with Gasteiger partial charge in [0.1, 0.15) is 11.9 Å². The van der Waals surface area contributed by atoms with Gasteiger partial charge in [0.2, 0.25) is 0 Å². The predicted molar refractivity (Wildman–Crippen MR) is 65.6 cm³/mol. The lowest BCUT2D eigenvalue weighted by Gasteiger charge is -2.09. The number of rotatable bonds is 8. The van der Waals surface area contributed by atoms with E-state index < -0.39 is 6.17 Å². The molecule has 16 heavy (non-hydrogen) atoms. The molecule has 0 saturated carbocycles. The molecule has 0 fully saturated rings. The highest BCUT2D eigenvalue weighted by Crippen LogP contribution is 2.12. The van der Waals surface area contributed by atoms with Gasteiger partial charge >= 0.3 is 0 Å². The molecule has 0 amide bonds. The van der Waals surface area contributed by atoms with Crippen molar-refractivity contribution in [2.45, 2.75) is 45.2 Å². The fourth-order valence-corrected chi connectivity index (χ4v) is 1.58. The van der Waals surface area contributed by atoms with Crippen LogP contribution in [0, 0.1) is 0 Å². The van der Waals surface area contributed by atoms with Crippen molar-refractivity contribution in [3.05, 3.63) is 30.3 Å². The third kappa shape index (κ3) is 5.74. The first kappa shape index (κ1) is 13.0. The van der Waals surface area contributed by atoms with Crippen molar-refractivity contribution in [2.24, 2.45) is 0 Å². The normalized spacial score (nSPS) is 12.4. The lowest BCUT2D eigenvalue weighted by molar-refractivity contribution is 0.223. The average molecular weight is 224 g/mol. The van der Waals surface area contributed by atoms with E-state index in [1.807, 2.05) is 30.3 Å². The zero-order chi connectivity index (χ0) is 11.6. The Morgan fingerprint density at radius 3 is 2.56 bits per heavy atom. The molecule has 2 heteroatoms. The molecule has 0 bridgehead atoms. The van der Waals surface area contributed by atoms with Crippen molar-refractivity contribution >= 4 is 0 Å². The number of halogens is 1. The standard InChI is InChI=1S/C14H21FO/c1-2-3-5-8-13(15)11-12-16-14-9-6-4-7-10-14/h4,6-7,9-10,13H,2-3,5,8,11-12H2,1H3. The minimum absolute atomic E-state index is 0.470. The first-order chi connectivity index (χ1) is 7.83. The van der Waals surface area contributed by atoms with Gasteiger partial charge in [0.05, 0.1) is 6.61 Å². The van der Waals surface area contributed by atoms with Crippen LogP contribution in [0.2, 0.25) is 0 Å². The van der Waals surface area contributed by atoms with Gasteiger partial charge in [-0.3, -0.25) is 0 Å². The van der Waals surface area contributed by atoms with Crippen LogP contribution in [0.15, 0.2) is 30.3 Å².